The van der Waals surface area contributed by atoms with Gasteiger partial charge in [0.2, 0.25) is 5.91 Å². The zero-order valence-electron chi connectivity index (χ0n) is 42.3. The number of hydrogen-bond donors (Lipinski definition) is 4. The molecule has 0 radical (unpaired) electrons. The lowest BCUT2D eigenvalue weighted by molar-refractivity contribution is -0.124. The maximum Gasteiger partial charge on any atom is 0.220 e. The summed E-state index contributed by atoms with van der Waals surface area (Å²) in [5, 5.41) is 33.7. The van der Waals surface area contributed by atoms with Crippen LogP contribution in [0.4, 0.5) is 0 Å². The maximum atomic E-state index is 12.5. The molecule has 0 aromatic heterocycles. The van der Waals surface area contributed by atoms with Crippen LogP contribution < -0.4 is 5.32 Å². The molecule has 0 aliphatic heterocycles. The molecule has 62 heavy (non-hydrogen) atoms. The van der Waals surface area contributed by atoms with Gasteiger partial charge in [0.1, 0.15) is 6.10 Å². The maximum absolute atomic E-state index is 12.5. The van der Waals surface area contributed by atoms with Gasteiger partial charge in [0.05, 0.1) is 18.8 Å². The fourth-order valence-corrected chi connectivity index (χ4v) is 9.22. The third kappa shape index (κ3) is 47.1. The lowest BCUT2D eigenvalue weighted by Crippen LogP contribution is -2.50. The van der Waals surface area contributed by atoms with Gasteiger partial charge in [0.15, 0.2) is 0 Å². The standard InChI is InChI=1S/C57H113NO4/c1-3-5-7-9-11-13-15-17-18-19-20-21-22-23-24-25-26-27-28-29-30-31-32-33-34-35-36-37-38-40-42-44-46-48-50-52-56(61)58-54(53-59)57(62)55(60)51-49-47-45-43-41-39-16-14-12-10-8-6-4-2/h25-26,54-55,57,59-60,62H,3-24,27-53H2,1-2H3,(H,58,61)/b26-25-. The Morgan fingerprint density at radius 2 is 0.645 bits per heavy atom. The molecule has 3 atom stereocenters. The summed E-state index contributed by atoms with van der Waals surface area (Å²) in [6, 6.07) is -0.805. The highest BCUT2D eigenvalue weighted by Crippen LogP contribution is 2.18. The molecule has 0 heterocycles. The molecule has 3 unspecified atom stereocenters. The lowest BCUT2D eigenvalue weighted by atomic mass is 9.99. The zero-order valence-corrected chi connectivity index (χ0v) is 42.3. The number of aliphatic hydroxyl groups is 3. The zero-order chi connectivity index (χ0) is 45.1. The summed E-state index contributed by atoms with van der Waals surface area (Å²) in [4.78, 5) is 12.5. The molecule has 4 N–H and O–H groups in total. The van der Waals surface area contributed by atoms with Crippen molar-refractivity contribution in [2.24, 2.45) is 0 Å². The SMILES string of the molecule is CCCCCCCCCCCCCCCC/C=C\CCCCCCCCCCCCCCCCCCCC(=O)NC(CO)C(O)C(O)CCCCCCCCCCCCCCC. The first-order chi connectivity index (χ1) is 30.6. The first kappa shape index (κ1) is 61.1. The van der Waals surface area contributed by atoms with Crippen molar-refractivity contribution < 1.29 is 20.1 Å². The summed E-state index contributed by atoms with van der Waals surface area (Å²) in [7, 11) is 0. The molecule has 1 amide bonds. The molecule has 0 aromatic rings. The Kier molecular flexibility index (Phi) is 51.9. The third-order valence-corrected chi connectivity index (χ3v) is 13.6. The van der Waals surface area contributed by atoms with Crippen molar-refractivity contribution in [3.05, 3.63) is 12.2 Å². The Labute approximate surface area is 389 Å². The summed E-state index contributed by atoms with van der Waals surface area (Å²) in [5.74, 6) is -0.139. The fraction of sp³-hybridized carbons (Fsp3) is 0.947. The van der Waals surface area contributed by atoms with Gasteiger partial charge in [-0.3, -0.25) is 4.79 Å². The molecule has 5 nitrogen and oxygen atoms in total. The van der Waals surface area contributed by atoms with Gasteiger partial charge in [0.25, 0.3) is 0 Å². The van der Waals surface area contributed by atoms with E-state index in [9.17, 15) is 20.1 Å². The monoisotopic (exact) mass is 876 g/mol. The fourth-order valence-electron chi connectivity index (χ4n) is 9.22. The van der Waals surface area contributed by atoms with Crippen LogP contribution in [0.25, 0.3) is 0 Å². The van der Waals surface area contributed by atoms with Gasteiger partial charge < -0.3 is 20.6 Å². The molecule has 0 fully saturated rings. The number of amides is 1. The van der Waals surface area contributed by atoms with Gasteiger partial charge in [-0.05, 0) is 38.5 Å². The van der Waals surface area contributed by atoms with Crippen molar-refractivity contribution in [3.8, 4) is 0 Å². The van der Waals surface area contributed by atoms with Crippen molar-refractivity contribution in [3.63, 3.8) is 0 Å². The van der Waals surface area contributed by atoms with Crippen LogP contribution in [-0.4, -0.2) is 46.1 Å². The predicted octanol–water partition coefficient (Wildman–Crippen LogP) is 17.5. The molecule has 0 spiro atoms. The van der Waals surface area contributed by atoms with E-state index in [1.165, 1.54) is 257 Å². The van der Waals surface area contributed by atoms with Crippen molar-refractivity contribution in [1.29, 1.82) is 0 Å². The number of unbranched alkanes of at least 4 members (excludes halogenated alkanes) is 43. The Balaban J connectivity index is 3.43. The van der Waals surface area contributed by atoms with E-state index in [1.54, 1.807) is 0 Å². The first-order valence-electron chi connectivity index (χ1n) is 28.5. The molecule has 0 rings (SSSR count). The molecule has 370 valence electrons. The van der Waals surface area contributed by atoms with Gasteiger partial charge in [-0.2, -0.15) is 0 Å². The summed E-state index contributed by atoms with van der Waals surface area (Å²) in [6.07, 6.45) is 65.3. The van der Waals surface area contributed by atoms with E-state index in [0.717, 1.165) is 38.5 Å². The van der Waals surface area contributed by atoms with Crippen LogP contribution >= 0.6 is 0 Å². The normalized spacial score (nSPS) is 13.3. The van der Waals surface area contributed by atoms with Crippen LogP contribution in [0.5, 0.6) is 0 Å². The number of nitrogens with one attached hydrogen (secondary N) is 1. The number of allylic oxidation sites excluding steroid dienone is 2. The van der Waals surface area contributed by atoms with E-state index in [4.69, 9.17) is 0 Å². The van der Waals surface area contributed by atoms with Gasteiger partial charge in [0, 0.05) is 6.42 Å². The highest BCUT2D eigenvalue weighted by Gasteiger charge is 2.26. The number of rotatable bonds is 53. The summed E-state index contributed by atoms with van der Waals surface area (Å²) in [5.41, 5.74) is 0. The quantitative estimate of drug-likeness (QED) is 0.0362. The second-order valence-electron chi connectivity index (χ2n) is 19.9. The highest BCUT2D eigenvalue weighted by molar-refractivity contribution is 5.76. The Morgan fingerprint density at radius 1 is 0.387 bits per heavy atom. The average Bonchev–Trinajstić information content (AvgIpc) is 3.28. The van der Waals surface area contributed by atoms with Gasteiger partial charge in [-0.15, -0.1) is 0 Å². The molecule has 0 saturated carbocycles. The van der Waals surface area contributed by atoms with E-state index in [2.05, 4.69) is 31.3 Å². The van der Waals surface area contributed by atoms with Gasteiger partial charge >= 0.3 is 0 Å². The highest BCUT2D eigenvalue weighted by atomic mass is 16.3. The molecule has 0 aliphatic carbocycles. The largest absolute Gasteiger partial charge is 0.394 e. The van der Waals surface area contributed by atoms with Crippen LogP contribution in [0.1, 0.15) is 322 Å². The van der Waals surface area contributed by atoms with Crippen molar-refractivity contribution >= 4 is 5.91 Å². The molecule has 0 aromatic carbocycles. The van der Waals surface area contributed by atoms with Crippen molar-refractivity contribution in [2.45, 2.75) is 340 Å². The number of carbonyl (C=O) groups is 1. The number of aliphatic hydroxyl groups excluding tert-OH is 3. The molecule has 0 aliphatic rings. The lowest BCUT2D eigenvalue weighted by Gasteiger charge is -2.26. The first-order valence-corrected chi connectivity index (χ1v) is 28.5. The van der Waals surface area contributed by atoms with E-state index in [-0.39, 0.29) is 12.5 Å². The Hall–Kier alpha value is -0.910. The summed E-state index contributed by atoms with van der Waals surface area (Å²) in [6.45, 7) is 4.21. The van der Waals surface area contributed by atoms with Crippen LogP contribution in [-0.2, 0) is 4.79 Å². The second kappa shape index (κ2) is 52.7. The molecular formula is C57H113NO4. The van der Waals surface area contributed by atoms with Crippen LogP contribution in [0, 0.1) is 0 Å². The topological polar surface area (TPSA) is 89.8 Å². The molecular weight excluding hydrogens is 763 g/mol. The summed E-state index contributed by atoms with van der Waals surface area (Å²) >= 11 is 0. The Morgan fingerprint density at radius 3 is 0.935 bits per heavy atom. The minimum Gasteiger partial charge on any atom is -0.394 e. The number of hydrogen-bond acceptors (Lipinski definition) is 4. The number of carbonyl (C=O) groups excluding carboxylic acids is 1. The van der Waals surface area contributed by atoms with E-state index < -0.39 is 18.2 Å². The van der Waals surface area contributed by atoms with Crippen molar-refractivity contribution in [2.75, 3.05) is 6.61 Å². The molecule has 0 saturated heterocycles. The van der Waals surface area contributed by atoms with E-state index in [0.29, 0.717) is 12.8 Å². The average molecular weight is 877 g/mol. The van der Waals surface area contributed by atoms with E-state index >= 15 is 0 Å². The van der Waals surface area contributed by atoms with Crippen molar-refractivity contribution in [1.82, 2.24) is 5.32 Å². The van der Waals surface area contributed by atoms with Crippen LogP contribution in [0.15, 0.2) is 12.2 Å². The minimum atomic E-state index is -1.13. The third-order valence-electron chi connectivity index (χ3n) is 13.6. The predicted molar refractivity (Wildman–Crippen MR) is 273 cm³/mol. The molecule has 0 bridgehead atoms. The minimum absolute atomic E-state index is 0.139. The second-order valence-corrected chi connectivity index (χ2v) is 19.9. The smallest absolute Gasteiger partial charge is 0.220 e. The van der Waals surface area contributed by atoms with Crippen LogP contribution in [0.3, 0.4) is 0 Å². The van der Waals surface area contributed by atoms with Gasteiger partial charge in [-0.25, -0.2) is 0 Å². The Bertz CT molecular complexity index is 879. The summed E-state index contributed by atoms with van der Waals surface area (Å²) < 4.78 is 0. The van der Waals surface area contributed by atoms with E-state index in [1.807, 2.05) is 0 Å². The van der Waals surface area contributed by atoms with Gasteiger partial charge in [-0.1, -0.05) is 289 Å². The molecule has 5 heteroatoms. The van der Waals surface area contributed by atoms with Crippen LogP contribution in [0.2, 0.25) is 0 Å².